The van der Waals surface area contributed by atoms with E-state index in [0.29, 0.717) is 88.7 Å². The lowest BCUT2D eigenvalue weighted by atomic mass is 9.98. The van der Waals surface area contributed by atoms with Crippen LogP contribution >= 0.6 is 23.2 Å². The first kappa shape index (κ1) is 34.0. The van der Waals surface area contributed by atoms with Crippen molar-refractivity contribution in [3.63, 3.8) is 0 Å². The summed E-state index contributed by atoms with van der Waals surface area (Å²) < 4.78 is 16.7. The average molecular weight is 693 g/mol. The molecule has 1 amide bonds. The Morgan fingerprint density at radius 3 is 2.06 bits per heavy atom. The van der Waals surface area contributed by atoms with E-state index in [-0.39, 0.29) is 11.9 Å². The third kappa shape index (κ3) is 7.40. The number of benzene rings is 2. The van der Waals surface area contributed by atoms with Crippen LogP contribution in [0.5, 0.6) is 11.8 Å². The Morgan fingerprint density at radius 2 is 1.48 bits per heavy atom. The first-order chi connectivity index (χ1) is 23.4. The second kappa shape index (κ2) is 15.6. The number of ether oxygens (including phenoxy) is 3. The number of methoxy groups -OCH3 is 3. The summed E-state index contributed by atoms with van der Waals surface area (Å²) in [5.74, 6) is 0.948. The third-order valence-corrected chi connectivity index (χ3v) is 9.64. The molecule has 48 heavy (non-hydrogen) atoms. The minimum Gasteiger partial charge on any atom is -0.480 e. The molecule has 11 nitrogen and oxygen atoms in total. The maximum atomic E-state index is 11.5. The number of carbonyl (C=O) groups excluding carboxylic acids is 1. The summed E-state index contributed by atoms with van der Waals surface area (Å²) in [4.78, 5) is 32.8. The van der Waals surface area contributed by atoms with Crippen molar-refractivity contribution in [3.8, 4) is 45.4 Å². The molecule has 0 radical (unpaired) electrons. The summed E-state index contributed by atoms with van der Waals surface area (Å²) in [6.45, 7) is 3.39. The van der Waals surface area contributed by atoms with Crippen molar-refractivity contribution in [2.45, 2.75) is 50.9 Å². The van der Waals surface area contributed by atoms with Gasteiger partial charge in [0, 0.05) is 67.5 Å². The fraction of sp³-hybridized carbons (Fsp3) is 0.400. The zero-order valence-corrected chi connectivity index (χ0v) is 28.8. The van der Waals surface area contributed by atoms with Crippen LogP contribution in [0.3, 0.4) is 0 Å². The molecule has 2 aromatic carbocycles. The molecule has 2 N–H and O–H groups in total. The van der Waals surface area contributed by atoms with E-state index in [9.17, 15) is 4.79 Å². The first-order valence-electron chi connectivity index (χ1n) is 16.0. The van der Waals surface area contributed by atoms with Crippen LogP contribution in [0.4, 0.5) is 0 Å². The predicted octanol–water partition coefficient (Wildman–Crippen LogP) is 5.57. The predicted molar refractivity (Wildman–Crippen MR) is 185 cm³/mol. The Morgan fingerprint density at radius 1 is 0.875 bits per heavy atom. The Kier molecular flexibility index (Phi) is 11.0. The van der Waals surface area contributed by atoms with Crippen molar-refractivity contribution in [1.29, 1.82) is 0 Å². The number of halogens is 2. The second-order valence-electron chi connectivity index (χ2n) is 11.9. The zero-order valence-electron chi connectivity index (χ0n) is 27.3. The molecular formula is C35H39Cl2N7O4. The maximum Gasteiger partial charge on any atom is 0.237 e. The molecule has 0 saturated carbocycles. The van der Waals surface area contributed by atoms with Gasteiger partial charge in [-0.1, -0.05) is 59.6 Å². The lowest BCUT2D eigenvalue weighted by Gasteiger charge is -2.24. The van der Waals surface area contributed by atoms with E-state index in [1.165, 1.54) is 0 Å². The molecule has 2 aliphatic heterocycles. The van der Waals surface area contributed by atoms with Crippen LogP contribution in [0.25, 0.3) is 33.6 Å². The number of aromatic nitrogens is 4. The van der Waals surface area contributed by atoms with Gasteiger partial charge in [-0.3, -0.25) is 19.7 Å². The van der Waals surface area contributed by atoms with E-state index in [0.717, 1.165) is 42.6 Å². The van der Waals surface area contributed by atoms with E-state index >= 15 is 0 Å². The summed E-state index contributed by atoms with van der Waals surface area (Å²) in [6.07, 6.45) is 7.02. The molecule has 0 unspecified atom stereocenters. The topological polar surface area (TPSA) is 124 Å². The van der Waals surface area contributed by atoms with Gasteiger partial charge >= 0.3 is 0 Å². The molecule has 13 heteroatoms. The van der Waals surface area contributed by atoms with Crippen LogP contribution in [0.2, 0.25) is 10.0 Å². The highest BCUT2D eigenvalue weighted by Gasteiger charge is 2.27. The van der Waals surface area contributed by atoms with Crippen LogP contribution in [0.15, 0.2) is 48.8 Å². The molecular weight excluding hydrogens is 653 g/mol. The maximum absolute atomic E-state index is 11.5. The third-order valence-electron chi connectivity index (χ3n) is 8.83. The highest BCUT2D eigenvalue weighted by molar-refractivity contribution is 6.39. The smallest absolute Gasteiger partial charge is 0.237 e. The van der Waals surface area contributed by atoms with Crippen LogP contribution in [0.1, 0.15) is 37.1 Å². The van der Waals surface area contributed by atoms with Gasteiger partial charge in [0.1, 0.15) is 11.4 Å². The van der Waals surface area contributed by atoms with Crippen LogP contribution in [-0.2, 0) is 22.6 Å². The molecule has 0 bridgehead atoms. The van der Waals surface area contributed by atoms with Crippen LogP contribution in [0, 0.1) is 0 Å². The second-order valence-corrected chi connectivity index (χ2v) is 12.7. The normalized spacial score (nSPS) is 17.9. The summed E-state index contributed by atoms with van der Waals surface area (Å²) in [5.41, 5.74) is 5.47. The lowest BCUT2D eigenvalue weighted by Crippen LogP contribution is -2.35. The van der Waals surface area contributed by atoms with E-state index in [4.69, 9.17) is 52.4 Å². The number of rotatable bonds is 13. The van der Waals surface area contributed by atoms with Crippen molar-refractivity contribution >= 4 is 29.1 Å². The number of nitrogens with zero attached hydrogens (tertiary/aromatic N) is 5. The van der Waals surface area contributed by atoms with E-state index < -0.39 is 0 Å². The minimum absolute atomic E-state index is 0.0865. The molecule has 2 saturated heterocycles. The number of likely N-dealkylation sites (tertiary alicyclic amines) is 1. The highest BCUT2D eigenvalue weighted by atomic mass is 35.5. The summed E-state index contributed by atoms with van der Waals surface area (Å²) in [6, 6.07) is 11.9. The van der Waals surface area contributed by atoms with Crippen molar-refractivity contribution in [2.75, 3.05) is 41.0 Å². The number of amides is 1. The Bertz CT molecular complexity index is 1780. The summed E-state index contributed by atoms with van der Waals surface area (Å²) in [5, 5.41) is 7.26. The Balaban J connectivity index is 1.24. The Hall–Kier alpha value is -3.87. The average Bonchev–Trinajstić information content (AvgIpc) is 3.73. The molecule has 2 atom stereocenters. The van der Waals surface area contributed by atoms with Gasteiger partial charge < -0.3 is 24.8 Å². The largest absolute Gasteiger partial charge is 0.480 e. The molecule has 2 fully saturated rings. The lowest BCUT2D eigenvalue weighted by molar-refractivity contribution is -0.119. The monoisotopic (exact) mass is 691 g/mol. The number of carbonyl (C=O) groups is 1. The van der Waals surface area contributed by atoms with E-state index in [1.54, 1.807) is 33.7 Å². The quantitative estimate of drug-likeness (QED) is 0.184. The van der Waals surface area contributed by atoms with Crippen molar-refractivity contribution in [2.24, 2.45) is 0 Å². The van der Waals surface area contributed by atoms with Gasteiger partial charge in [0.05, 0.1) is 54.7 Å². The molecule has 0 spiro atoms. The van der Waals surface area contributed by atoms with Gasteiger partial charge in [0.15, 0.2) is 0 Å². The van der Waals surface area contributed by atoms with Crippen molar-refractivity contribution in [1.82, 2.24) is 35.5 Å². The number of hydrogen-bond acceptors (Lipinski definition) is 10. The standard InChI is InChI=1S/C35H39Cl2N7O4/c1-46-20-22-7-6-14-44(22)19-30-35(48-3)43-28(18-40-30)26-11-5-9-24(33(26)37)23-8-4-10-25(32(23)36)27-17-39-29(34(42-27)47-2)16-38-15-21-12-13-31(45)41-21/h4-5,8-11,17-18,21-22,38H,6-7,12-16,19-20H2,1-3H3,(H,41,45)/t21-,22+/m0/s1. The SMILES string of the molecule is COC[C@H]1CCCN1Cc1ncc(-c2cccc(-c3cccc(-c4cnc(CNC[C@@H]5CCC(=O)N5)c(OC)n4)c3Cl)c2Cl)nc1OC. The summed E-state index contributed by atoms with van der Waals surface area (Å²) >= 11 is 14.1. The molecule has 0 aliphatic carbocycles. The zero-order chi connectivity index (χ0) is 33.6. The van der Waals surface area contributed by atoms with Crippen molar-refractivity contribution < 1.29 is 19.0 Å². The first-order valence-corrected chi connectivity index (χ1v) is 16.8. The highest BCUT2D eigenvalue weighted by Crippen LogP contribution is 2.42. The van der Waals surface area contributed by atoms with Gasteiger partial charge in [-0.2, -0.15) is 0 Å². The van der Waals surface area contributed by atoms with E-state index in [2.05, 4.69) is 20.5 Å². The minimum atomic E-state index is 0.0865. The molecule has 6 rings (SSSR count). The molecule has 2 aromatic heterocycles. The Labute approximate surface area is 290 Å². The van der Waals surface area contributed by atoms with E-state index in [1.807, 2.05) is 36.4 Å². The summed E-state index contributed by atoms with van der Waals surface area (Å²) in [7, 11) is 4.90. The number of hydrogen-bond donors (Lipinski definition) is 2. The van der Waals surface area contributed by atoms with Crippen LogP contribution < -0.4 is 20.1 Å². The van der Waals surface area contributed by atoms with Gasteiger partial charge in [-0.05, 0) is 25.8 Å². The van der Waals surface area contributed by atoms with Gasteiger partial charge in [0.25, 0.3) is 0 Å². The van der Waals surface area contributed by atoms with Gasteiger partial charge in [0.2, 0.25) is 17.7 Å². The fourth-order valence-corrected chi connectivity index (χ4v) is 7.01. The molecule has 252 valence electrons. The molecule has 4 heterocycles. The fourth-order valence-electron chi connectivity index (χ4n) is 6.36. The van der Waals surface area contributed by atoms with Gasteiger partial charge in [-0.15, -0.1) is 0 Å². The van der Waals surface area contributed by atoms with Gasteiger partial charge in [-0.25, -0.2) is 9.97 Å². The molecule has 2 aliphatic rings. The molecule has 4 aromatic rings. The number of nitrogens with one attached hydrogen (secondary N) is 2. The van der Waals surface area contributed by atoms with Crippen molar-refractivity contribution in [3.05, 3.63) is 70.2 Å². The van der Waals surface area contributed by atoms with Crippen LogP contribution in [-0.4, -0.2) is 83.9 Å².